The smallest absolute Gasteiger partial charge is 0.190 e. The lowest BCUT2D eigenvalue weighted by Gasteiger charge is -2.29. The van der Waals surface area contributed by atoms with Crippen LogP contribution in [0.25, 0.3) is 0 Å². The molecule has 0 unspecified atom stereocenters. The van der Waals surface area contributed by atoms with Gasteiger partial charge in [0.15, 0.2) is 17.9 Å². The molecule has 6 heteroatoms. The molecule has 3 rings (SSSR count). The van der Waals surface area contributed by atoms with Gasteiger partial charge in [-0.3, -0.25) is 0 Å². The van der Waals surface area contributed by atoms with Crippen LogP contribution in [-0.2, 0) is 28.4 Å². The van der Waals surface area contributed by atoms with E-state index in [-0.39, 0.29) is 24.4 Å². The van der Waals surface area contributed by atoms with Gasteiger partial charge in [-0.05, 0) is 34.1 Å². The van der Waals surface area contributed by atoms with Crippen molar-refractivity contribution in [2.75, 3.05) is 13.2 Å². The minimum atomic E-state index is -0.641. The second-order valence-electron chi connectivity index (χ2n) is 7.48. The van der Waals surface area contributed by atoms with Crippen LogP contribution in [0.2, 0.25) is 0 Å². The van der Waals surface area contributed by atoms with E-state index in [4.69, 9.17) is 28.4 Å². The van der Waals surface area contributed by atoms with E-state index < -0.39 is 17.9 Å². The first-order valence-corrected chi connectivity index (χ1v) is 8.76. The van der Waals surface area contributed by atoms with Gasteiger partial charge in [0.2, 0.25) is 0 Å². The van der Waals surface area contributed by atoms with Crippen molar-refractivity contribution in [1.29, 1.82) is 0 Å². The Kier molecular flexibility index (Phi) is 5.03. The molecule has 3 saturated heterocycles. The SMILES string of the molecule is CCCCCO[C@H]1[C@@H]2OC(C)(C)O[C@@H]2O[C@H]1[C@@H]1COC(C)(C)O1. The highest BCUT2D eigenvalue weighted by Gasteiger charge is 2.58. The molecule has 134 valence electrons. The summed E-state index contributed by atoms with van der Waals surface area (Å²) >= 11 is 0. The molecular formula is C17H30O6. The number of hydrogen-bond acceptors (Lipinski definition) is 6. The minimum Gasteiger partial charge on any atom is -0.372 e. The molecule has 0 N–H and O–H groups in total. The molecule has 23 heavy (non-hydrogen) atoms. The standard InChI is InChI=1S/C17H30O6/c1-6-7-8-9-18-13-12(11-10-19-16(2,3)21-11)20-15-14(13)22-17(4,5)23-15/h11-15H,6-10H2,1-5H3/t11-,12-,13+,14-,15-/m0/s1. The van der Waals surface area contributed by atoms with Crippen molar-refractivity contribution < 1.29 is 28.4 Å². The Hall–Kier alpha value is -0.240. The summed E-state index contributed by atoms with van der Waals surface area (Å²) in [5, 5.41) is 0. The van der Waals surface area contributed by atoms with E-state index in [0.717, 1.165) is 12.8 Å². The van der Waals surface area contributed by atoms with E-state index in [1.54, 1.807) is 0 Å². The van der Waals surface area contributed by atoms with Gasteiger partial charge in [-0.25, -0.2) is 0 Å². The Labute approximate surface area is 138 Å². The van der Waals surface area contributed by atoms with Gasteiger partial charge in [0.25, 0.3) is 0 Å². The van der Waals surface area contributed by atoms with Gasteiger partial charge in [-0.1, -0.05) is 19.8 Å². The Balaban J connectivity index is 1.66. The Morgan fingerprint density at radius 3 is 2.39 bits per heavy atom. The highest BCUT2D eigenvalue weighted by molar-refractivity contribution is 4.98. The van der Waals surface area contributed by atoms with E-state index >= 15 is 0 Å². The summed E-state index contributed by atoms with van der Waals surface area (Å²) in [6.07, 6.45) is 2.15. The highest BCUT2D eigenvalue weighted by Crippen LogP contribution is 2.41. The summed E-state index contributed by atoms with van der Waals surface area (Å²) in [6, 6.07) is 0. The van der Waals surface area contributed by atoms with Gasteiger partial charge >= 0.3 is 0 Å². The summed E-state index contributed by atoms with van der Waals surface area (Å²) in [4.78, 5) is 0. The predicted octanol–water partition coefficient (Wildman–Crippen LogP) is 2.59. The molecule has 0 spiro atoms. The summed E-state index contributed by atoms with van der Waals surface area (Å²) < 4.78 is 35.7. The Morgan fingerprint density at radius 2 is 1.74 bits per heavy atom. The van der Waals surface area contributed by atoms with Gasteiger partial charge in [-0.15, -0.1) is 0 Å². The fraction of sp³-hybridized carbons (Fsp3) is 1.00. The van der Waals surface area contributed by atoms with Crippen molar-refractivity contribution in [3.63, 3.8) is 0 Å². The van der Waals surface area contributed by atoms with Crippen molar-refractivity contribution in [3.8, 4) is 0 Å². The maximum atomic E-state index is 6.14. The number of fused-ring (bicyclic) bond motifs is 1. The van der Waals surface area contributed by atoms with Gasteiger partial charge < -0.3 is 28.4 Å². The average Bonchev–Trinajstić information content (AvgIpc) is 3.05. The highest BCUT2D eigenvalue weighted by atomic mass is 16.8. The summed E-state index contributed by atoms with van der Waals surface area (Å²) in [5.74, 6) is -1.23. The first-order valence-electron chi connectivity index (χ1n) is 8.76. The maximum absolute atomic E-state index is 6.14. The van der Waals surface area contributed by atoms with Crippen LogP contribution in [0.4, 0.5) is 0 Å². The number of unbranched alkanes of at least 4 members (excludes halogenated alkanes) is 2. The van der Waals surface area contributed by atoms with E-state index in [2.05, 4.69) is 6.92 Å². The molecule has 0 bridgehead atoms. The molecule has 0 radical (unpaired) electrons. The first-order chi connectivity index (χ1) is 10.8. The zero-order valence-electron chi connectivity index (χ0n) is 14.9. The molecule has 3 fully saturated rings. The van der Waals surface area contributed by atoms with Crippen LogP contribution in [0, 0.1) is 0 Å². The zero-order chi connectivity index (χ0) is 16.7. The molecule has 3 aliphatic rings. The van der Waals surface area contributed by atoms with Crippen LogP contribution in [0.5, 0.6) is 0 Å². The Bertz CT molecular complexity index is 410. The normalized spacial score (nSPS) is 41.3. The quantitative estimate of drug-likeness (QED) is 0.698. The predicted molar refractivity (Wildman–Crippen MR) is 82.9 cm³/mol. The Morgan fingerprint density at radius 1 is 0.957 bits per heavy atom. The second-order valence-corrected chi connectivity index (χ2v) is 7.48. The largest absolute Gasteiger partial charge is 0.372 e. The fourth-order valence-electron chi connectivity index (χ4n) is 3.44. The van der Waals surface area contributed by atoms with E-state index in [1.165, 1.54) is 6.42 Å². The summed E-state index contributed by atoms with van der Waals surface area (Å²) in [5.41, 5.74) is 0. The molecule has 0 saturated carbocycles. The zero-order valence-corrected chi connectivity index (χ0v) is 14.9. The number of rotatable bonds is 6. The van der Waals surface area contributed by atoms with Crippen molar-refractivity contribution in [2.24, 2.45) is 0 Å². The lowest BCUT2D eigenvalue weighted by atomic mass is 10.1. The van der Waals surface area contributed by atoms with Crippen molar-refractivity contribution >= 4 is 0 Å². The van der Waals surface area contributed by atoms with Gasteiger partial charge in [0.05, 0.1) is 6.61 Å². The van der Waals surface area contributed by atoms with Crippen LogP contribution in [0.1, 0.15) is 53.9 Å². The second kappa shape index (κ2) is 6.58. The van der Waals surface area contributed by atoms with E-state index in [1.807, 2.05) is 27.7 Å². The summed E-state index contributed by atoms with van der Waals surface area (Å²) in [7, 11) is 0. The average molecular weight is 330 g/mol. The molecule has 0 aliphatic carbocycles. The van der Waals surface area contributed by atoms with Crippen LogP contribution in [0.3, 0.4) is 0 Å². The fourth-order valence-corrected chi connectivity index (χ4v) is 3.44. The minimum absolute atomic E-state index is 0.165. The van der Waals surface area contributed by atoms with Crippen LogP contribution < -0.4 is 0 Å². The molecule has 3 aliphatic heterocycles. The third kappa shape index (κ3) is 3.89. The summed E-state index contributed by atoms with van der Waals surface area (Å²) in [6.45, 7) is 11.0. The van der Waals surface area contributed by atoms with Crippen LogP contribution in [-0.4, -0.2) is 55.5 Å². The monoisotopic (exact) mass is 330 g/mol. The molecule has 0 aromatic rings. The van der Waals surface area contributed by atoms with E-state index in [9.17, 15) is 0 Å². The lowest BCUT2D eigenvalue weighted by Crippen LogP contribution is -2.44. The molecule has 0 aromatic carbocycles. The van der Waals surface area contributed by atoms with Crippen molar-refractivity contribution in [2.45, 2.75) is 96.2 Å². The molecular weight excluding hydrogens is 300 g/mol. The van der Waals surface area contributed by atoms with Gasteiger partial charge in [0, 0.05) is 6.61 Å². The van der Waals surface area contributed by atoms with Gasteiger partial charge in [-0.2, -0.15) is 0 Å². The molecule has 0 amide bonds. The first kappa shape index (κ1) is 17.6. The topological polar surface area (TPSA) is 55.4 Å². The molecule has 3 heterocycles. The lowest BCUT2D eigenvalue weighted by molar-refractivity contribution is -0.236. The van der Waals surface area contributed by atoms with E-state index in [0.29, 0.717) is 13.2 Å². The van der Waals surface area contributed by atoms with Crippen molar-refractivity contribution in [1.82, 2.24) is 0 Å². The van der Waals surface area contributed by atoms with Gasteiger partial charge in [0.1, 0.15) is 24.4 Å². The molecule has 0 aromatic heterocycles. The van der Waals surface area contributed by atoms with Crippen molar-refractivity contribution in [3.05, 3.63) is 0 Å². The third-order valence-electron chi connectivity index (χ3n) is 4.48. The number of ether oxygens (including phenoxy) is 6. The maximum Gasteiger partial charge on any atom is 0.190 e. The van der Waals surface area contributed by atoms with Crippen LogP contribution in [0.15, 0.2) is 0 Å². The molecule has 6 nitrogen and oxygen atoms in total. The van der Waals surface area contributed by atoms with Crippen LogP contribution >= 0.6 is 0 Å². The third-order valence-corrected chi connectivity index (χ3v) is 4.48. The molecule has 5 atom stereocenters. The number of hydrogen-bond donors (Lipinski definition) is 0.